The van der Waals surface area contributed by atoms with Crippen LogP contribution in [0.3, 0.4) is 0 Å². The number of pyridine rings is 1. The molecule has 0 saturated heterocycles. The first kappa shape index (κ1) is 29.9. The molecule has 0 bridgehead atoms. The Balaban J connectivity index is 0.00000353. The molecular weight excluding hydrogens is 598 g/mol. The molecule has 2 aliphatic heterocycles. The summed E-state index contributed by atoms with van der Waals surface area (Å²) in [5.41, 5.74) is 3.65. The van der Waals surface area contributed by atoms with Crippen molar-refractivity contribution in [2.75, 3.05) is 38.5 Å². The summed E-state index contributed by atoms with van der Waals surface area (Å²) < 4.78 is 27.6. The summed E-state index contributed by atoms with van der Waals surface area (Å²) in [6.07, 6.45) is 10.7. The van der Waals surface area contributed by atoms with E-state index >= 15 is 0 Å². The molecule has 0 radical (unpaired) electrons. The number of rotatable bonds is 13. The smallest absolute Gasteiger partial charge is 0.231 e. The van der Waals surface area contributed by atoms with E-state index in [4.69, 9.17) is 18.9 Å². The maximum absolute atomic E-state index is 6.40. The highest BCUT2D eigenvalue weighted by Gasteiger charge is 2.28. The number of fused-ring (bicyclic) bond motifs is 5. The number of anilines is 1. The summed E-state index contributed by atoms with van der Waals surface area (Å²) in [6, 6.07) is 10.6. The fourth-order valence-corrected chi connectivity index (χ4v) is 5.69. The highest BCUT2D eigenvalue weighted by Crippen LogP contribution is 2.41. The number of hydrogen-bond donors (Lipinski definition) is 0. The maximum atomic E-state index is 6.40. The molecule has 0 unspecified atom stereocenters. The van der Waals surface area contributed by atoms with Crippen LogP contribution in [0.1, 0.15) is 51.5 Å². The number of nitrogens with zero attached hydrogens (tertiary/aromatic N) is 5. The number of hydrogen-bond acceptors (Lipinski definition) is 7. The van der Waals surface area contributed by atoms with Gasteiger partial charge in [-0.15, -0.1) is 5.10 Å². The Morgan fingerprint density at radius 3 is 2.57 bits per heavy atom. The van der Waals surface area contributed by atoms with Crippen molar-refractivity contribution in [3.05, 3.63) is 48.3 Å². The van der Waals surface area contributed by atoms with Gasteiger partial charge in [-0.3, -0.25) is 4.68 Å². The first-order valence-electron chi connectivity index (χ1n) is 14.9. The van der Waals surface area contributed by atoms with E-state index in [0.717, 1.165) is 91.5 Å². The normalized spacial score (nSPS) is 12.9. The van der Waals surface area contributed by atoms with Crippen LogP contribution in [0.15, 0.2) is 42.7 Å². The first-order chi connectivity index (χ1) is 20.2. The van der Waals surface area contributed by atoms with Crippen LogP contribution in [0.5, 0.6) is 23.0 Å². The molecule has 0 atom stereocenters. The van der Waals surface area contributed by atoms with Gasteiger partial charge >= 0.3 is 0 Å². The molecule has 9 nitrogen and oxygen atoms in total. The van der Waals surface area contributed by atoms with E-state index in [9.17, 15) is 0 Å². The summed E-state index contributed by atoms with van der Waals surface area (Å²) in [5.74, 6) is 4.14. The molecule has 42 heavy (non-hydrogen) atoms. The zero-order valence-electron chi connectivity index (χ0n) is 24.8. The van der Waals surface area contributed by atoms with E-state index < -0.39 is 0 Å². The van der Waals surface area contributed by atoms with Crippen molar-refractivity contribution in [3.8, 4) is 34.3 Å². The van der Waals surface area contributed by atoms with Crippen LogP contribution in [-0.2, 0) is 19.5 Å². The molecule has 4 aromatic rings. The Bertz CT molecular complexity index is 1520. The number of halogens is 1. The molecule has 0 spiro atoms. The largest absolute Gasteiger partial charge is 1.00 e. The molecule has 4 heterocycles. The van der Waals surface area contributed by atoms with Gasteiger partial charge in [-0.25, -0.2) is 0 Å². The second kappa shape index (κ2) is 13.6. The Hall–Kier alpha value is -3.53. The average Bonchev–Trinajstić information content (AvgIpc) is 3.67. The van der Waals surface area contributed by atoms with E-state index in [-0.39, 0.29) is 23.8 Å². The number of aryl methyl sites for hydroxylation is 3. The molecule has 2 aromatic carbocycles. The average molecular weight is 639 g/mol. The Labute approximate surface area is 258 Å². The lowest BCUT2D eigenvalue weighted by molar-refractivity contribution is -0.686. The van der Waals surface area contributed by atoms with Crippen molar-refractivity contribution in [3.63, 3.8) is 0 Å². The van der Waals surface area contributed by atoms with Gasteiger partial charge < -0.3 is 40.8 Å². The lowest BCUT2D eigenvalue weighted by Gasteiger charge is -2.21. The van der Waals surface area contributed by atoms with E-state index in [2.05, 4.69) is 70.3 Å². The maximum Gasteiger partial charge on any atom is 0.231 e. The third-order valence-electron chi connectivity index (χ3n) is 7.99. The van der Waals surface area contributed by atoms with Crippen LogP contribution in [0.2, 0.25) is 0 Å². The molecule has 0 fully saturated rings. The molecule has 2 aliphatic rings. The van der Waals surface area contributed by atoms with E-state index in [1.807, 2.05) is 10.7 Å². The van der Waals surface area contributed by atoms with Gasteiger partial charge in [-0.1, -0.05) is 31.9 Å². The minimum absolute atomic E-state index is 0. The third-order valence-corrected chi connectivity index (χ3v) is 7.99. The quantitative estimate of drug-likeness (QED) is 0.165. The van der Waals surface area contributed by atoms with Crippen LogP contribution in [0.4, 0.5) is 5.82 Å². The molecule has 0 amide bonds. The fraction of sp³-hybridized carbons (Fsp3) is 0.469. The second-order valence-corrected chi connectivity index (χ2v) is 10.8. The molecule has 0 aliphatic carbocycles. The Kier molecular flexibility index (Phi) is 9.72. The van der Waals surface area contributed by atoms with Gasteiger partial charge in [0, 0.05) is 38.5 Å². The van der Waals surface area contributed by atoms with Crippen LogP contribution in [0.25, 0.3) is 22.0 Å². The van der Waals surface area contributed by atoms with Crippen LogP contribution in [-0.4, -0.2) is 48.6 Å². The van der Waals surface area contributed by atoms with Crippen molar-refractivity contribution in [1.82, 2.24) is 15.0 Å². The van der Waals surface area contributed by atoms with Crippen molar-refractivity contribution >= 4 is 16.6 Å². The summed E-state index contributed by atoms with van der Waals surface area (Å²) >= 11 is 0. The SMILES string of the molecule is CCCCN(CCCC)c1cn(CCCOc2c(OC)ccc3cc4[n+](cc23)CCc2cc3c(cc2-4)OCO3)nn1.[Br-]. The van der Waals surface area contributed by atoms with Crippen LogP contribution >= 0.6 is 0 Å². The highest BCUT2D eigenvalue weighted by atomic mass is 79.9. The van der Waals surface area contributed by atoms with Gasteiger partial charge in [-0.2, -0.15) is 4.57 Å². The zero-order valence-corrected chi connectivity index (χ0v) is 26.4. The number of aromatic nitrogens is 4. The predicted molar refractivity (Wildman–Crippen MR) is 158 cm³/mol. The van der Waals surface area contributed by atoms with Crippen molar-refractivity contribution in [1.29, 1.82) is 0 Å². The number of benzene rings is 2. The van der Waals surface area contributed by atoms with Crippen molar-refractivity contribution < 1.29 is 40.5 Å². The van der Waals surface area contributed by atoms with Gasteiger partial charge in [0.1, 0.15) is 0 Å². The fourth-order valence-electron chi connectivity index (χ4n) is 5.69. The minimum Gasteiger partial charge on any atom is -1.00 e. The van der Waals surface area contributed by atoms with Gasteiger partial charge in [0.25, 0.3) is 0 Å². The zero-order chi connectivity index (χ0) is 28.2. The molecule has 224 valence electrons. The minimum atomic E-state index is 0. The van der Waals surface area contributed by atoms with Crippen LogP contribution < -0.4 is 45.4 Å². The lowest BCUT2D eigenvalue weighted by atomic mass is 9.95. The number of methoxy groups -OCH3 is 1. The van der Waals surface area contributed by atoms with Crippen molar-refractivity contribution in [2.45, 2.75) is 65.5 Å². The topological polar surface area (TPSA) is 74.8 Å². The first-order valence-corrected chi connectivity index (χ1v) is 14.9. The molecule has 2 aromatic heterocycles. The summed E-state index contributed by atoms with van der Waals surface area (Å²) in [4.78, 5) is 2.36. The molecule has 0 N–H and O–H groups in total. The van der Waals surface area contributed by atoms with Gasteiger partial charge in [0.2, 0.25) is 12.5 Å². The predicted octanol–water partition coefficient (Wildman–Crippen LogP) is 2.56. The van der Waals surface area contributed by atoms with Gasteiger partial charge in [-0.05, 0) is 48.1 Å². The lowest BCUT2D eigenvalue weighted by Crippen LogP contribution is -3.00. The Morgan fingerprint density at radius 1 is 1.02 bits per heavy atom. The van der Waals surface area contributed by atoms with E-state index in [1.165, 1.54) is 29.7 Å². The summed E-state index contributed by atoms with van der Waals surface area (Å²) in [7, 11) is 1.69. The second-order valence-electron chi connectivity index (χ2n) is 10.8. The monoisotopic (exact) mass is 637 g/mol. The number of unbranched alkanes of at least 4 members (excludes halogenated alkanes) is 2. The molecule has 6 rings (SSSR count). The summed E-state index contributed by atoms with van der Waals surface area (Å²) in [5, 5.41) is 11.0. The highest BCUT2D eigenvalue weighted by molar-refractivity contribution is 5.91. The van der Waals surface area contributed by atoms with Gasteiger partial charge in [0.15, 0.2) is 41.6 Å². The van der Waals surface area contributed by atoms with Crippen LogP contribution in [0, 0.1) is 0 Å². The Morgan fingerprint density at radius 2 is 1.81 bits per heavy atom. The molecule has 10 heteroatoms. The molecular formula is C32H40BrN5O4. The third kappa shape index (κ3) is 6.14. The van der Waals surface area contributed by atoms with E-state index in [0.29, 0.717) is 6.61 Å². The summed E-state index contributed by atoms with van der Waals surface area (Å²) in [6.45, 7) is 8.96. The standard InChI is InChI=1S/C32H40N5O4.BrH/c1-4-6-12-35(13-7-5-2)31-21-37(34-33-31)14-8-16-39-32-26-20-36-15-11-24-18-29-30(41-22-40-29)19-25(24)27(36)17-23(26)9-10-28(32)38-3;/h9-10,17-21H,4-8,11-16,22H2,1-3H3;1H/q+1;/p-1. The van der Waals surface area contributed by atoms with Gasteiger partial charge in [0.05, 0.1) is 30.9 Å². The molecule has 0 saturated carbocycles. The van der Waals surface area contributed by atoms with E-state index in [1.54, 1.807) is 7.11 Å². The van der Waals surface area contributed by atoms with Crippen molar-refractivity contribution in [2.24, 2.45) is 0 Å². The number of ether oxygens (including phenoxy) is 4.